The van der Waals surface area contributed by atoms with Crippen LogP contribution in [0.25, 0.3) is 0 Å². The number of likely N-dealkylation sites (tertiary alicyclic amines) is 1. The van der Waals surface area contributed by atoms with Crippen molar-refractivity contribution in [1.82, 2.24) is 9.80 Å². The van der Waals surface area contributed by atoms with Crippen LogP contribution in [0.3, 0.4) is 0 Å². The van der Waals surface area contributed by atoms with Crippen LogP contribution in [0.15, 0.2) is 29.3 Å². The highest BCUT2D eigenvalue weighted by atomic mass is 35.5. The van der Waals surface area contributed by atoms with E-state index in [4.69, 9.17) is 16.6 Å². The Hall–Kier alpha value is -1.39. The van der Waals surface area contributed by atoms with Crippen molar-refractivity contribution in [2.75, 3.05) is 20.1 Å². The van der Waals surface area contributed by atoms with Gasteiger partial charge in [-0.2, -0.15) is 0 Å². The number of aliphatic imine (C=N–C) groups is 1. The molecule has 1 spiro atoms. The van der Waals surface area contributed by atoms with Crippen molar-refractivity contribution >= 4 is 23.3 Å². The molecule has 2 fully saturated rings. The fraction of sp³-hybridized carbons (Fsp3) is 0.579. The van der Waals surface area contributed by atoms with E-state index in [0.717, 1.165) is 49.8 Å². The molecule has 1 aliphatic carbocycles. The molecular weight excluding hydrogens is 322 g/mol. The van der Waals surface area contributed by atoms with Crippen LogP contribution in [0, 0.1) is 11.8 Å². The first kappa shape index (κ1) is 16.1. The lowest BCUT2D eigenvalue weighted by Gasteiger charge is -2.27. The van der Waals surface area contributed by atoms with Gasteiger partial charge >= 0.3 is 0 Å². The average Bonchev–Trinajstić information content (AvgIpc) is 3.20. The first-order chi connectivity index (χ1) is 11.5. The molecule has 0 aromatic heterocycles. The number of rotatable bonds is 3. The van der Waals surface area contributed by atoms with Gasteiger partial charge < -0.3 is 4.90 Å². The fourth-order valence-electron chi connectivity index (χ4n) is 4.84. The zero-order valence-electron chi connectivity index (χ0n) is 14.3. The van der Waals surface area contributed by atoms with Gasteiger partial charge in [-0.15, -0.1) is 0 Å². The molecule has 3 atom stereocenters. The molecule has 3 aliphatic rings. The number of carbonyl (C=O) groups is 1. The van der Waals surface area contributed by atoms with Gasteiger partial charge in [-0.1, -0.05) is 30.7 Å². The van der Waals surface area contributed by atoms with Crippen LogP contribution in [0.2, 0.25) is 5.02 Å². The number of benzene rings is 1. The van der Waals surface area contributed by atoms with E-state index in [2.05, 4.69) is 24.0 Å². The first-order valence-electron chi connectivity index (χ1n) is 8.87. The van der Waals surface area contributed by atoms with Crippen LogP contribution in [0.5, 0.6) is 0 Å². The maximum Gasteiger partial charge on any atom is 0.255 e. The number of amides is 1. The van der Waals surface area contributed by atoms with Crippen LogP contribution in [-0.2, 0) is 11.3 Å². The van der Waals surface area contributed by atoms with Gasteiger partial charge in [0.2, 0.25) is 0 Å². The highest BCUT2D eigenvalue weighted by molar-refractivity contribution is 6.30. The van der Waals surface area contributed by atoms with Crippen LogP contribution < -0.4 is 0 Å². The first-order valence-corrected chi connectivity index (χ1v) is 9.25. The summed E-state index contributed by atoms with van der Waals surface area (Å²) in [6.45, 7) is 5.04. The van der Waals surface area contributed by atoms with Crippen molar-refractivity contribution in [3.63, 3.8) is 0 Å². The third kappa shape index (κ3) is 2.39. The highest BCUT2D eigenvalue weighted by Crippen LogP contribution is 2.50. The number of fused-ring (bicyclic) bond motifs is 2. The fourth-order valence-corrected chi connectivity index (χ4v) is 4.97. The molecule has 128 valence electrons. The zero-order valence-corrected chi connectivity index (χ0v) is 15.1. The van der Waals surface area contributed by atoms with E-state index < -0.39 is 5.54 Å². The van der Waals surface area contributed by atoms with E-state index >= 15 is 0 Å². The molecule has 1 aromatic carbocycles. The van der Waals surface area contributed by atoms with Crippen molar-refractivity contribution in [3.8, 4) is 0 Å². The molecule has 5 heteroatoms. The van der Waals surface area contributed by atoms with E-state index in [1.54, 1.807) is 4.90 Å². The Morgan fingerprint density at radius 2 is 2.04 bits per heavy atom. The predicted molar refractivity (Wildman–Crippen MR) is 96.2 cm³/mol. The molecule has 4 rings (SSSR count). The lowest BCUT2D eigenvalue weighted by molar-refractivity contribution is -0.131. The summed E-state index contributed by atoms with van der Waals surface area (Å²) >= 11 is 5.97. The van der Waals surface area contributed by atoms with Crippen molar-refractivity contribution in [2.45, 2.75) is 38.3 Å². The maximum atomic E-state index is 12.9. The van der Waals surface area contributed by atoms with Gasteiger partial charge in [0.1, 0.15) is 11.4 Å². The Morgan fingerprint density at radius 3 is 2.71 bits per heavy atom. The maximum absolute atomic E-state index is 12.9. The minimum Gasteiger partial charge on any atom is -0.302 e. The van der Waals surface area contributed by atoms with Gasteiger partial charge in [0.25, 0.3) is 5.91 Å². The summed E-state index contributed by atoms with van der Waals surface area (Å²) in [5.41, 5.74) is 0.806. The van der Waals surface area contributed by atoms with Crippen LogP contribution in [-0.4, -0.2) is 47.2 Å². The predicted octanol–water partition coefficient (Wildman–Crippen LogP) is 3.20. The van der Waals surface area contributed by atoms with Crippen LogP contribution >= 0.6 is 11.6 Å². The normalized spacial score (nSPS) is 32.7. The number of carbonyl (C=O) groups excluding carboxylic acids is 1. The van der Waals surface area contributed by atoms with Crippen LogP contribution in [0.1, 0.15) is 31.7 Å². The molecule has 1 saturated carbocycles. The van der Waals surface area contributed by atoms with Crippen molar-refractivity contribution in [2.24, 2.45) is 16.8 Å². The second-order valence-electron chi connectivity index (χ2n) is 7.40. The molecule has 2 aliphatic heterocycles. The van der Waals surface area contributed by atoms with Gasteiger partial charge in [0, 0.05) is 44.0 Å². The molecule has 2 heterocycles. The molecule has 24 heavy (non-hydrogen) atoms. The third-order valence-electron chi connectivity index (χ3n) is 6.05. The van der Waals surface area contributed by atoms with Gasteiger partial charge in [0.15, 0.2) is 0 Å². The summed E-state index contributed by atoms with van der Waals surface area (Å²) in [7, 11) is 1.88. The van der Waals surface area contributed by atoms with Gasteiger partial charge in [0.05, 0.1) is 0 Å². The van der Waals surface area contributed by atoms with Crippen molar-refractivity contribution < 1.29 is 4.79 Å². The highest BCUT2D eigenvalue weighted by Gasteiger charge is 2.60. The van der Waals surface area contributed by atoms with E-state index in [-0.39, 0.29) is 5.91 Å². The summed E-state index contributed by atoms with van der Waals surface area (Å²) in [4.78, 5) is 22.1. The summed E-state index contributed by atoms with van der Waals surface area (Å²) in [5.74, 6) is 2.13. The minimum atomic E-state index is -0.473. The third-order valence-corrected chi connectivity index (χ3v) is 6.30. The van der Waals surface area contributed by atoms with Crippen molar-refractivity contribution in [3.05, 3.63) is 34.9 Å². The smallest absolute Gasteiger partial charge is 0.255 e. The molecule has 1 saturated heterocycles. The van der Waals surface area contributed by atoms with Crippen LogP contribution in [0.4, 0.5) is 0 Å². The zero-order chi connectivity index (χ0) is 16.9. The molecule has 0 N–H and O–H groups in total. The number of amidine groups is 1. The van der Waals surface area contributed by atoms with E-state index in [1.807, 2.05) is 19.2 Å². The number of halogens is 1. The van der Waals surface area contributed by atoms with E-state index in [1.165, 1.54) is 5.56 Å². The quantitative estimate of drug-likeness (QED) is 0.843. The topological polar surface area (TPSA) is 35.9 Å². The Balaban J connectivity index is 1.52. The lowest BCUT2D eigenvalue weighted by atomic mass is 9.85. The van der Waals surface area contributed by atoms with E-state index in [0.29, 0.717) is 11.8 Å². The molecule has 4 nitrogen and oxygen atoms in total. The van der Waals surface area contributed by atoms with Gasteiger partial charge in [-0.25, -0.2) is 0 Å². The summed E-state index contributed by atoms with van der Waals surface area (Å²) in [6.07, 6.45) is 2.86. The Kier molecular flexibility index (Phi) is 3.92. The standard InChI is InChI=1S/C19H24ClN3O/c1-3-17-21-19(18(24)22(17)2)9-8-14-11-23(12-16(14)19)10-13-4-6-15(20)7-5-13/h4-7,14,16H,3,8-12H2,1-2H3/t14-,16+,19-/m0/s1. The molecule has 1 aromatic rings. The molecule has 0 unspecified atom stereocenters. The molecule has 0 radical (unpaired) electrons. The minimum absolute atomic E-state index is 0.222. The number of nitrogens with zero attached hydrogens (tertiary/aromatic N) is 3. The molecule has 1 amide bonds. The van der Waals surface area contributed by atoms with Gasteiger partial charge in [-0.3, -0.25) is 14.7 Å². The Morgan fingerprint density at radius 1 is 1.29 bits per heavy atom. The number of hydrogen-bond donors (Lipinski definition) is 0. The second kappa shape index (κ2) is 5.85. The monoisotopic (exact) mass is 345 g/mol. The molecule has 0 bridgehead atoms. The molecular formula is C19H24ClN3O. The van der Waals surface area contributed by atoms with E-state index in [9.17, 15) is 4.79 Å². The second-order valence-corrected chi connectivity index (χ2v) is 7.83. The van der Waals surface area contributed by atoms with Gasteiger partial charge in [-0.05, 0) is 36.5 Å². The average molecular weight is 346 g/mol. The number of likely N-dealkylation sites (N-methyl/N-ethyl adjacent to an activating group) is 1. The summed E-state index contributed by atoms with van der Waals surface area (Å²) in [5, 5.41) is 0.775. The van der Waals surface area contributed by atoms with Crippen molar-refractivity contribution in [1.29, 1.82) is 0 Å². The largest absolute Gasteiger partial charge is 0.302 e. The summed E-state index contributed by atoms with van der Waals surface area (Å²) in [6, 6.07) is 8.08. The number of hydrogen-bond acceptors (Lipinski definition) is 3. The Labute approximate surface area is 148 Å². The Bertz CT molecular complexity index is 686. The SMILES string of the molecule is CCC1=N[C@]2(CC[C@H]3CN(Cc4ccc(Cl)cc4)C[C@H]32)C(=O)N1C. The lowest BCUT2D eigenvalue weighted by Crippen LogP contribution is -2.45. The summed E-state index contributed by atoms with van der Waals surface area (Å²) < 4.78 is 0.